The smallest absolute Gasteiger partial charge is 0.335 e. The van der Waals surface area contributed by atoms with Crippen molar-refractivity contribution in [3.05, 3.63) is 95.1 Å². The fourth-order valence-corrected chi connectivity index (χ4v) is 3.58. The van der Waals surface area contributed by atoms with Crippen molar-refractivity contribution in [3.8, 4) is 0 Å². The number of carboxylic acid groups (broad SMARTS) is 1. The Hall–Kier alpha value is -2.91. The lowest BCUT2D eigenvalue weighted by Crippen LogP contribution is -2.21. The molecule has 2 N–H and O–H groups in total. The maximum atomic E-state index is 11.1. The summed E-state index contributed by atoms with van der Waals surface area (Å²) in [5.74, 6) is -0.938. The first kappa shape index (κ1) is 20.8. The van der Waals surface area contributed by atoms with Crippen LogP contribution in [0.1, 0.15) is 66.7 Å². The molecule has 0 bridgehead atoms. The van der Waals surface area contributed by atoms with E-state index in [0.717, 1.165) is 34.3 Å². The monoisotopic (exact) mass is 388 g/mol. The van der Waals surface area contributed by atoms with E-state index < -0.39 is 11.6 Å². The van der Waals surface area contributed by atoms with Gasteiger partial charge in [-0.25, -0.2) is 4.79 Å². The van der Waals surface area contributed by atoms with Crippen molar-refractivity contribution >= 4 is 17.1 Å². The molecule has 0 atom stereocenters. The fraction of sp³-hybridized carbons (Fsp3) is 0.269. The second kappa shape index (κ2) is 7.49. The van der Waals surface area contributed by atoms with Crippen LogP contribution in [0, 0.1) is 0 Å². The molecular weight excluding hydrogens is 360 g/mol. The van der Waals surface area contributed by atoms with Crippen LogP contribution in [0.25, 0.3) is 11.1 Å². The molecule has 0 heterocycles. The number of carbonyl (C=O) groups is 1. The number of allylic oxidation sites excluding steroid dienone is 3. The van der Waals surface area contributed by atoms with Gasteiger partial charge in [-0.05, 0) is 77.3 Å². The van der Waals surface area contributed by atoms with Gasteiger partial charge in [-0.2, -0.15) is 0 Å². The van der Waals surface area contributed by atoms with Crippen LogP contribution < -0.4 is 0 Å². The highest BCUT2D eigenvalue weighted by atomic mass is 16.4. The van der Waals surface area contributed by atoms with E-state index in [1.165, 1.54) is 5.56 Å². The average molecular weight is 389 g/mol. The third kappa shape index (κ3) is 4.57. The minimum absolute atomic E-state index is 0.0321. The summed E-state index contributed by atoms with van der Waals surface area (Å²) in [7, 11) is 0. The number of hydrogen-bond donors (Lipinski definition) is 2. The van der Waals surface area contributed by atoms with E-state index in [4.69, 9.17) is 5.11 Å². The molecule has 0 radical (unpaired) electrons. The lowest BCUT2D eigenvalue weighted by molar-refractivity contribution is 0.0697. The van der Waals surface area contributed by atoms with E-state index in [1.807, 2.05) is 12.2 Å². The summed E-state index contributed by atoms with van der Waals surface area (Å²) >= 11 is 0. The minimum Gasteiger partial charge on any atom is -0.478 e. The molecule has 3 nitrogen and oxygen atoms in total. The van der Waals surface area contributed by atoms with Crippen LogP contribution in [-0.4, -0.2) is 21.8 Å². The van der Waals surface area contributed by atoms with Crippen molar-refractivity contribution in [2.24, 2.45) is 0 Å². The molecule has 0 fully saturated rings. The predicted octanol–water partition coefficient (Wildman–Crippen LogP) is 5.84. The van der Waals surface area contributed by atoms with Gasteiger partial charge in [0, 0.05) is 0 Å². The van der Waals surface area contributed by atoms with Gasteiger partial charge in [-0.1, -0.05) is 62.9 Å². The maximum Gasteiger partial charge on any atom is 0.335 e. The fourth-order valence-electron chi connectivity index (χ4n) is 3.58. The Labute approximate surface area is 172 Å². The van der Waals surface area contributed by atoms with Crippen LogP contribution in [0.3, 0.4) is 0 Å². The van der Waals surface area contributed by atoms with Crippen molar-refractivity contribution < 1.29 is 15.0 Å². The van der Waals surface area contributed by atoms with Gasteiger partial charge in [0.15, 0.2) is 0 Å². The Morgan fingerprint density at radius 3 is 2.24 bits per heavy atom. The van der Waals surface area contributed by atoms with Crippen LogP contribution in [0.5, 0.6) is 0 Å². The van der Waals surface area contributed by atoms with Gasteiger partial charge in [0.25, 0.3) is 0 Å². The Morgan fingerprint density at radius 1 is 1.07 bits per heavy atom. The molecule has 3 heteroatoms. The maximum absolute atomic E-state index is 11.1. The van der Waals surface area contributed by atoms with E-state index in [9.17, 15) is 9.90 Å². The number of fused-ring (bicyclic) bond motifs is 1. The molecule has 3 rings (SSSR count). The molecule has 0 spiro atoms. The highest BCUT2D eigenvalue weighted by molar-refractivity contribution is 5.89. The summed E-state index contributed by atoms with van der Waals surface area (Å²) in [5.41, 5.74) is 5.66. The molecule has 2 aromatic rings. The topological polar surface area (TPSA) is 57.5 Å². The highest BCUT2D eigenvalue weighted by Crippen LogP contribution is 2.41. The van der Waals surface area contributed by atoms with Crippen LogP contribution in [0.4, 0.5) is 0 Å². The highest BCUT2D eigenvalue weighted by Gasteiger charge is 2.28. The number of aliphatic hydroxyl groups is 1. The van der Waals surface area contributed by atoms with E-state index in [-0.39, 0.29) is 11.0 Å². The predicted molar refractivity (Wildman–Crippen MR) is 119 cm³/mol. The molecule has 2 aromatic carbocycles. The molecule has 0 aliphatic heterocycles. The molecule has 0 saturated heterocycles. The molecule has 150 valence electrons. The lowest BCUT2D eigenvalue weighted by atomic mass is 9.72. The minimum atomic E-state index is -0.938. The van der Waals surface area contributed by atoms with E-state index >= 15 is 0 Å². The van der Waals surface area contributed by atoms with Gasteiger partial charge in [0.2, 0.25) is 0 Å². The molecule has 0 amide bonds. The Kier molecular flexibility index (Phi) is 5.38. The van der Waals surface area contributed by atoms with Crippen LogP contribution in [-0.2, 0) is 5.41 Å². The van der Waals surface area contributed by atoms with Crippen LogP contribution in [0.2, 0.25) is 0 Å². The zero-order valence-corrected chi connectivity index (χ0v) is 17.5. The molecule has 29 heavy (non-hydrogen) atoms. The van der Waals surface area contributed by atoms with Gasteiger partial charge in [0.1, 0.15) is 0 Å². The summed E-state index contributed by atoms with van der Waals surface area (Å²) in [6.45, 7) is 12.2. The largest absolute Gasteiger partial charge is 0.478 e. The summed E-state index contributed by atoms with van der Waals surface area (Å²) < 4.78 is 0. The second-order valence-corrected chi connectivity index (χ2v) is 8.86. The summed E-state index contributed by atoms with van der Waals surface area (Å²) in [4.78, 5) is 11.1. The van der Waals surface area contributed by atoms with Crippen LogP contribution >= 0.6 is 0 Å². The number of rotatable bonds is 5. The zero-order chi connectivity index (χ0) is 21.4. The SMILES string of the molecule is C=C(c1ccc(C(=O)O)cc1)c1ccc2c(c1)C(/C=C/C(C)(C)O)=CCC2(C)C. The van der Waals surface area contributed by atoms with Crippen molar-refractivity contribution in [2.45, 2.75) is 45.1 Å². The normalized spacial score (nSPS) is 15.7. The zero-order valence-electron chi connectivity index (χ0n) is 17.5. The first-order chi connectivity index (χ1) is 13.5. The van der Waals surface area contributed by atoms with Gasteiger partial charge >= 0.3 is 5.97 Å². The lowest BCUT2D eigenvalue weighted by Gasteiger charge is -2.32. The Bertz CT molecular complexity index is 1010. The number of carboxylic acids is 1. The molecule has 0 unspecified atom stereocenters. The van der Waals surface area contributed by atoms with Crippen molar-refractivity contribution in [1.29, 1.82) is 0 Å². The third-order valence-corrected chi connectivity index (χ3v) is 5.39. The third-order valence-electron chi connectivity index (χ3n) is 5.39. The molecular formula is C26H28O3. The van der Waals surface area contributed by atoms with Gasteiger partial charge < -0.3 is 10.2 Å². The average Bonchev–Trinajstić information content (AvgIpc) is 2.66. The number of hydrogen-bond acceptors (Lipinski definition) is 2. The molecule has 0 aromatic heterocycles. The quantitative estimate of drug-likeness (QED) is 0.677. The van der Waals surface area contributed by atoms with Crippen LogP contribution in [0.15, 0.2) is 67.3 Å². The number of benzene rings is 2. The molecule has 1 aliphatic carbocycles. The van der Waals surface area contributed by atoms with Gasteiger partial charge in [0.05, 0.1) is 11.2 Å². The van der Waals surface area contributed by atoms with Gasteiger partial charge in [-0.15, -0.1) is 0 Å². The Morgan fingerprint density at radius 2 is 1.66 bits per heavy atom. The Balaban J connectivity index is 2.01. The first-order valence-electron chi connectivity index (χ1n) is 9.78. The van der Waals surface area contributed by atoms with E-state index in [0.29, 0.717) is 0 Å². The summed E-state index contributed by atoms with van der Waals surface area (Å²) in [5, 5.41) is 19.2. The van der Waals surface area contributed by atoms with E-state index in [2.05, 4.69) is 44.7 Å². The van der Waals surface area contributed by atoms with E-state index in [1.54, 1.807) is 38.1 Å². The summed E-state index contributed by atoms with van der Waals surface area (Å²) in [6.07, 6.45) is 6.95. The number of aromatic carboxylic acids is 1. The molecule has 0 saturated carbocycles. The summed E-state index contributed by atoms with van der Waals surface area (Å²) in [6, 6.07) is 13.2. The standard InChI is InChI=1S/C26H28O3/c1-17(18-6-8-20(9-7-18)24(27)28)21-10-11-23-22(16-21)19(12-14-25(23,2)3)13-15-26(4,5)29/h6-13,15-16,29H,1,14H2,2-5H3,(H,27,28)/b15-13+. The molecule has 1 aliphatic rings. The first-order valence-corrected chi connectivity index (χ1v) is 9.78. The van der Waals surface area contributed by atoms with Crippen molar-refractivity contribution in [2.75, 3.05) is 0 Å². The second-order valence-electron chi connectivity index (χ2n) is 8.86. The van der Waals surface area contributed by atoms with Crippen molar-refractivity contribution in [1.82, 2.24) is 0 Å². The van der Waals surface area contributed by atoms with Crippen molar-refractivity contribution in [3.63, 3.8) is 0 Å². The van der Waals surface area contributed by atoms with Gasteiger partial charge in [-0.3, -0.25) is 0 Å².